The molecule has 2 amide bonds. The number of aliphatic hydroxyl groups is 1. The molecule has 1 atom stereocenters. The van der Waals surface area contributed by atoms with Crippen LogP contribution in [0.4, 0.5) is 0 Å². The fourth-order valence-electron chi connectivity index (χ4n) is 2.85. The van der Waals surface area contributed by atoms with Gasteiger partial charge in [-0.3, -0.25) is 9.59 Å². The van der Waals surface area contributed by atoms with Gasteiger partial charge in [0.25, 0.3) is 5.91 Å². The number of ether oxygens (including phenoxy) is 2. The second kappa shape index (κ2) is 8.71. The van der Waals surface area contributed by atoms with Gasteiger partial charge in [-0.05, 0) is 37.0 Å². The van der Waals surface area contributed by atoms with Crippen molar-refractivity contribution in [2.24, 2.45) is 0 Å². The molecule has 0 aromatic heterocycles. The maximum absolute atomic E-state index is 12.5. The third kappa shape index (κ3) is 5.09. The highest BCUT2D eigenvalue weighted by Crippen LogP contribution is 2.23. The molecule has 1 aliphatic heterocycles. The molecule has 7 heteroatoms. The number of likely N-dealkylation sites (tertiary alicyclic amines) is 1. The molecule has 0 radical (unpaired) electrons. The Hall–Kier alpha value is -2.28. The maximum atomic E-state index is 12.5. The van der Waals surface area contributed by atoms with Gasteiger partial charge in [0.2, 0.25) is 5.91 Å². The summed E-state index contributed by atoms with van der Waals surface area (Å²) in [6, 6.07) is 5.45. The first kappa shape index (κ1) is 19.1. The van der Waals surface area contributed by atoms with Crippen LogP contribution in [0.15, 0.2) is 18.2 Å². The molecular weight excluding hydrogens is 324 g/mol. The quantitative estimate of drug-likeness (QED) is 0.829. The number of nitrogens with zero attached hydrogens (tertiary/aromatic N) is 2. The van der Waals surface area contributed by atoms with E-state index in [0.717, 1.165) is 18.4 Å². The Kier molecular flexibility index (Phi) is 6.64. The van der Waals surface area contributed by atoms with Gasteiger partial charge in [0, 0.05) is 26.2 Å². The highest BCUT2D eigenvalue weighted by atomic mass is 16.5. The molecule has 138 valence electrons. The summed E-state index contributed by atoms with van der Waals surface area (Å²) in [5.74, 6) is 0.772. The highest BCUT2D eigenvalue weighted by Gasteiger charge is 2.27. The van der Waals surface area contributed by atoms with Gasteiger partial charge in [-0.1, -0.05) is 0 Å². The molecule has 1 unspecified atom stereocenters. The van der Waals surface area contributed by atoms with E-state index < -0.39 is 6.10 Å². The number of likely N-dealkylation sites (N-methyl/N-ethyl adjacent to an activating group) is 1. The van der Waals surface area contributed by atoms with Crippen LogP contribution in [0.3, 0.4) is 0 Å². The highest BCUT2D eigenvalue weighted by molar-refractivity contribution is 5.87. The number of carbonyl (C=O) groups excluding carboxylic acids is 2. The van der Waals surface area contributed by atoms with E-state index in [-0.39, 0.29) is 18.4 Å². The van der Waals surface area contributed by atoms with Gasteiger partial charge >= 0.3 is 0 Å². The van der Waals surface area contributed by atoms with Crippen molar-refractivity contribution < 1.29 is 24.2 Å². The van der Waals surface area contributed by atoms with Crippen LogP contribution in [-0.4, -0.2) is 67.2 Å². The average Bonchev–Trinajstić information content (AvgIpc) is 2.76. The second-order valence-corrected chi connectivity index (χ2v) is 6.24. The molecule has 0 aliphatic carbocycles. The number of hydrogen-bond donors (Lipinski definition) is 1. The summed E-state index contributed by atoms with van der Waals surface area (Å²) >= 11 is 0. The minimum Gasteiger partial charge on any atom is -0.497 e. The first-order chi connectivity index (χ1) is 11.9. The monoisotopic (exact) mass is 350 g/mol. The molecule has 1 saturated heterocycles. The van der Waals surface area contributed by atoms with Crippen molar-refractivity contribution in [1.82, 2.24) is 9.80 Å². The Morgan fingerprint density at radius 3 is 2.48 bits per heavy atom. The van der Waals surface area contributed by atoms with Crippen molar-refractivity contribution in [2.45, 2.75) is 31.9 Å². The van der Waals surface area contributed by atoms with E-state index in [1.54, 1.807) is 32.2 Å². The molecule has 0 spiro atoms. The van der Waals surface area contributed by atoms with Crippen molar-refractivity contribution >= 4 is 11.8 Å². The van der Waals surface area contributed by atoms with E-state index in [2.05, 4.69) is 0 Å². The molecular formula is C18H26N2O5. The Morgan fingerprint density at radius 1 is 1.24 bits per heavy atom. The summed E-state index contributed by atoms with van der Waals surface area (Å²) in [6.45, 7) is 0.854. The minimum absolute atomic E-state index is 0.0203. The fourth-order valence-corrected chi connectivity index (χ4v) is 2.85. The van der Waals surface area contributed by atoms with E-state index >= 15 is 0 Å². The zero-order chi connectivity index (χ0) is 18.4. The van der Waals surface area contributed by atoms with Crippen LogP contribution in [0.1, 0.15) is 24.8 Å². The second-order valence-electron chi connectivity index (χ2n) is 6.24. The third-order valence-corrected chi connectivity index (χ3v) is 4.34. The van der Waals surface area contributed by atoms with Crippen LogP contribution in [0.5, 0.6) is 11.5 Å². The minimum atomic E-state index is -0.997. The zero-order valence-electron chi connectivity index (χ0n) is 15.0. The average molecular weight is 350 g/mol. The number of benzene rings is 1. The van der Waals surface area contributed by atoms with Crippen molar-refractivity contribution in [2.75, 3.05) is 34.4 Å². The van der Waals surface area contributed by atoms with Crippen molar-refractivity contribution in [3.8, 4) is 11.5 Å². The predicted octanol–water partition coefficient (Wildman–Crippen LogP) is 1.04. The number of rotatable bonds is 6. The van der Waals surface area contributed by atoms with Gasteiger partial charge in [-0.2, -0.15) is 0 Å². The lowest BCUT2D eigenvalue weighted by atomic mass is 10.2. The molecule has 7 nitrogen and oxygen atoms in total. The number of amides is 2. The smallest absolute Gasteiger partial charge is 0.251 e. The number of hydrogen-bond acceptors (Lipinski definition) is 5. The largest absolute Gasteiger partial charge is 0.497 e. The summed E-state index contributed by atoms with van der Waals surface area (Å²) in [4.78, 5) is 27.6. The van der Waals surface area contributed by atoms with E-state index in [4.69, 9.17) is 9.47 Å². The summed E-state index contributed by atoms with van der Waals surface area (Å²) in [5, 5.41) is 9.79. The summed E-state index contributed by atoms with van der Waals surface area (Å²) in [5.41, 5.74) is 0.870. The lowest BCUT2D eigenvalue weighted by molar-refractivity contribution is -0.145. The third-order valence-electron chi connectivity index (χ3n) is 4.34. The summed E-state index contributed by atoms with van der Waals surface area (Å²) in [6.07, 6.45) is 1.05. The molecule has 2 rings (SSSR count). The molecule has 1 fully saturated rings. The molecule has 1 N–H and O–H groups in total. The Bertz CT molecular complexity index is 597. The number of carbonyl (C=O) groups is 2. The fraction of sp³-hybridized carbons (Fsp3) is 0.556. The van der Waals surface area contributed by atoms with Gasteiger partial charge in [0.1, 0.15) is 17.6 Å². The standard InChI is InChI=1S/C18H26N2O5/c1-19(11-13-8-14(24-2)10-15(9-13)25-3)17(22)12-20-7-5-4-6-16(21)18(20)23/h8-10,16,21H,4-7,11-12H2,1-3H3. The van der Waals surface area contributed by atoms with Crippen LogP contribution in [0, 0.1) is 0 Å². The van der Waals surface area contributed by atoms with E-state index in [1.165, 1.54) is 4.90 Å². The van der Waals surface area contributed by atoms with Gasteiger partial charge in [0.05, 0.1) is 20.8 Å². The lowest BCUT2D eigenvalue weighted by Gasteiger charge is -2.25. The van der Waals surface area contributed by atoms with Gasteiger partial charge in [0.15, 0.2) is 0 Å². The maximum Gasteiger partial charge on any atom is 0.251 e. The predicted molar refractivity (Wildman–Crippen MR) is 92.5 cm³/mol. The molecule has 1 aromatic rings. The zero-order valence-corrected chi connectivity index (χ0v) is 15.0. The summed E-state index contributed by atoms with van der Waals surface area (Å²) < 4.78 is 10.5. The Balaban J connectivity index is 2.01. The van der Waals surface area contributed by atoms with E-state index in [0.29, 0.717) is 31.0 Å². The SMILES string of the molecule is COc1cc(CN(C)C(=O)CN2CCCCC(O)C2=O)cc(OC)c1. The Morgan fingerprint density at radius 2 is 1.88 bits per heavy atom. The van der Waals surface area contributed by atoms with Crippen molar-refractivity contribution in [3.63, 3.8) is 0 Å². The molecule has 0 saturated carbocycles. The van der Waals surface area contributed by atoms with Gasteiger partial charge in [-0.15, -0.1) is 0 Å². The normalized spacial score (nSPS) is 17.8. The Labute approximate surface area is 148 Å². The van der Waals surface area contributed by atoms with Crippen molar-refractivity contribution in [1.29, 1.82) is 0 Å². The van der Waals surface area contributed by atoms with Crippen LogP contribution in [-0.2, 0) is 16.1 Å². The van der Waals surface area contributed by atoms with Crippen LogP contribution in [0.25, 0.3) is 0 Å². The molecule has 25 heavy (non-hydrogen) atoms. The van der Waals surface area contributed by atoms with Crippen molar-refractivity contribution in [3.05, 3.63) is 23.8 Å². The first-order valence-electron chi connectivity index (χ1n) is 8.37. The number of aliphatic hydroxyl groups excluding tert-OH is 1. The molecule has 1 heterocycles. The first-order valence-corrected chi connectivity index (χ1v) is 8.37. The van der Waals surface area contributed by atoms with Gasteiger partial charge < -0.3 is 24.4 Å². The van der Waals surface area contributed by atoms with Crippen LogP contribution < -0.4 is 9.47 Å². The molecule has 1 aromatic carbocycles. The number of methoxy groups -OCH3 is 2. The van der Waals surface area contributed by atoms with Crippen LogP contribution in [0.2, 0.25) is 0 Å². The molecule has 0 bridgehead atoms. The molecule has 1 aliphatic rings. The van der Waals surface area contributed by atoms with Crippen LogP contribution >= 0.6 is 0 Å². The van der Waals surface area contributed by atoms with E-state index in [1.807, 2.05) is 12.1 Å². The van der Waals surface area contributed by atoms with E-state index in [9.17, 15) is 14.7 Å². The topological polar surface area (TPSA) is 79.3 Å². The lowest BCUT2D eigenvalue weighted by Crippen LogP contribution is -2.44. The van der Waals surface area contributed by atoms with Gasteiger partial charge in [-0.25, -0.2) is 0 Å². The summed E-state index contributed by atoms with van der Waals surface area (Å²) in [7, 11) is 4.83.